The molecule has 0 radical (unpaired) electrons. The maximum absolute atomic E-state index is 13.5. The second-order valence-electron chi connectivity index (χ2n) is 12.9. The first kappa shape index (κ1) is 42.6. The van der Waals surface area contributed by atoms with Crippen LogP contribution in [0.15, 0.2) is 24.3 Å². The van der Waals surface area contributed by atoms with Crippen LogP contribution in [0.2, 0.25) is 0 Å². The number of ether oxygens (including phenoxy) is 6. The standard InChI is InChI=1S/C38H52N2O12S2/c1-47-27-17-23(18-28(48-2)33(27)51-5)35-39(25(21-53-35)37(43)44)31(41)15-13-11-9-7-8-10-12-14-16-32(42)40-26(38(45)46)22-54-36(40)24-19-29(49-3)34(52-6)30(20-24)50-4/h17-20,25-26,35-36H,7-16,21-22H2,1-6H3,(H,43,44)(H,45,46)/t25-,26-,35?,36?/m0/s1. The summed E-state index contributed by atoms with van der Waals surface area (Å²) in [7, 11) is 9.05. The fraction of sp³-hybridized carbons (Fsp3) is 0.579. The third kappa shape index (κ3) is 9.92. The van der Waals surface area contributed by atoms with Gasteiger partial charge in [0.1, 0.15) is 22.8 Å². The van der Waals surface area contributed by atoms with E-state index in [4.69, 9.17) is 28.4 Å². The van der Waals surface area contributed by atoms with Crippen molar-refractivity contribution in [2.75, 3.05) is 54.2 Å². The van der Waals surface area contributed by atoms with Crippen molar-refractivity contribution in [1.29, 1.82) is 0 Å². The minimum absolute atomic E-state index is 0.204. The zero-order chi connectivity index (χ0) is 39.4. The van der Waals surface area contributed by atoms with Gasteiger partial charge in [0.25, 0.3) is 0 Å². The summed E-state index contributed by atoms with van der Waals surface area (Å²) >= 11 is 2.80. The molecule has 4 rings (SSSR count). The Morgan fingerprint density at radius 2 is 0.833 bits per heavy atom. The highest BCUT2D eigenvalue weighted by molar-refractivity contribution is 8.00. The molecule has 2 fully saturated rings. The van der Waals surface area contributed by atoms with Gasteiger partial charge in [-0.25, -0.2) is 9.59 Å². The maximum atomic E-state index is 13.5. The Kier molecular flexibility index (Phi) is 16.1. The average molecular weight is 793 g/mol. The van der Waals surface area contributed by atoms with Crippen LogP contribution in [-0.2, 0) is 19.2 Å². The molecule has 298 valence electrons. The topological polar surface area (TPSA) is 171 Å². The Balaban J connectivity index is 1.22. The van der Waals surface area contributed by atoms with Crippen molar-refractivity contribution >= 4 is 47.3 Å². The molecule has 2 aliphatic heterocycles. The van der Waals surface area contributed by atoms with Crippen molar-refractivity contribution in [3.63, 3.8) is 0 Å². The number of carboxylic acid groups (broad SMARTS) is 2. The summed E-state index contributed by atoms with van der Waals surface area (Å²) in [4.78, 5) is 54.1. The molecule has 2 amide bonds. The lowest BCUT2D eigenvalue weighted by atomic mass is 10.0. The van der Waals surface area contributed by atoms with Crippen molar-refractivity contribution < 1.29 is 57.8 Å². The first-order valence-corrected chi connectivity index (χ1v) is 20.1. The third-order valence-electron chi connectivity index (χ3n) is 9.62. The monoisotopic (exact) mass is 792 g/mol. The van der Waals surface area contributed by atoms with Gasteiger partial charge in [0.2, 0.25) is 23.3 Å². The van der Waals surface area contributed by atoms with Gasteiger partial charge in [-0.15, -0.1) is 23.5 Å². The molecule has 0 saturated carbocycles. The molecule has 4 atom stereocenters. The molecular weight excluding hydrogens is 741 g/mol. The summed E-state index contributed by atoms with van der Waals surface area (Å²) < 4.78 is 32.8. The predicted molar refractivity (Wildman–Crippen MR) is 205 cm³/mol. The highest BCUT2D eigenvalue weighted by atomic mass is 32.2. The molecule has 2 saturated heterocycles. The van der Waals surface area contributed by atoms with Gasteiger partial charge < -0.3 is 48.4 Å². The van der Waals surface area contributed by atoms with Crippen molar-refractivity contribution in [3.8, 4) is 34.5 Å². The normalized spacial score (nSPS) is 19.4. The van der Waals surface area contributed by atoms with Gasteiger partial charge in [0, 0.05) is 24.3 Å². The van der Waals surface area contributed by atoms with E-state index in [0.717, 1.165) is 38.5 Å². The van der Waals surface area contributed by atoms with Gasteiger partial charge >= 0.3 is 11.9 Å². The van der Waals surface area contributed by atoms with E-state index in [1.165, 1.54) is 76.0 Å². The number of thioether (sulfide) groups is 2. The molecule has 2 N–H and O–H groups in total. The van der Waals surface area contributed by atoms with Crippen LogP contribution in [0.5, 0.6) is 34.5 Å². The summed E-state index contributed by atoms with van der Waals surface area (Å²) in [5.74, 6) is 0.655. The number of methoxy groups -OCH3 is 6. The van der Waals surface area contributed by atoms with Gasteiger partial charge in [-0.2, -0.15) is 0 Å². The van der Waals surface area contributed by atoms with Crippen LogP contribution in [0.3, 0.4) is 0 Å². The highest BCUT2D eigenvalue weighted by Crippen LogP contribution is 2.49. The molecule has 0 aliphatic carbocycles. The zero-order valence-electron chi connectivity index (χ0n) is 31.8. The highest BCUT2D eigenvalue weighted by Gasteiger charge is 2.44. The van der Waals surface area contributed by atoms with Crippen molar-refractivity contribution in [2.24, 2.45) is 0 Å². The summed E-state index contributed by atoms with van der Waals surface area (Å²) in [5.41, 5.74) is 1.40. The Hall–Kier alpha value is -4.18. The van der Waals surface area contributed by atoms with Gasteiger partial charge in [-0.1, -0.05) is 38.5 Å². The fourth-order valence-corrected chi connectivity index (χ4v) is 9.72. The molecule has 2 aliphatic rings. The second-order valence-corrected chi connectivity index (χ2v) is 15.2. The van der Waals surface area contributed by atoms with Crippen LogP contribution in [0.4, 0.5) is 0 Å². The minimum Gasteiger partial charge on any atom is -0.493 e. The molecule has 0 aromatic heterocycles. The molecule has 2 heterocycles. The predicted octanol–water partition coefficient (Wildman–Crippen LogP) is 6.39. The number of carbonyl (C=O) groups is 4. The number of rotatable bonds is 21. The zero-order valence-corrected chi connectivity index (χ0v) is 33.4. The summed E-state index contributed by atoms with van der Waals surface area (Å²) in [6.45, 7) is 0. The minimum atomic E-state index is -1.04. The van der Waals surface area contributed by atoms with Crippen molar-refractivity contribution in [2.45, 2.75) is 87.0 Å². The van der Waals surface area contributed by atoms with E-state index < -0.39 is 34.8 Å². The molecule has 0 bridgehead atoms. The van der Waals surface area contributed by atoms with Crippen LogP contribution in [-0.4, -0.2) is 110 Å². The molecular formula is C38H52N2O12S2. The van der Waals surface area contributed by atoms with Gasteiger partial charge in [-0.05, 0) is 48.2 Å². The quantitative estimate of drug-likeness (QED) is 0.133. The number of carbonyl (C=O) groups excluding carboxylic acids is 2. The molecule has 2 aromatic carbocycles. The number of carboxylic acids is 2. The molecule has 0 spiro atoms. The van der Waals surface area contributed by atoms with E-state index >= 15 is 0 Å². The van der Waals surface area contributed by atoms with Crippen LogP contribution in [0, 0.1) is 0 Å². The second kappa shape index (κ2) is 20.5. The lowest BCUT2D eigenvalue weighted by Gasteiger charge is -2.28. The summed E-state index contributed by atoms with van der Waals surface area (Å²) in [6.07, 6.45) is 7.27. The number of hydrogen-bond donors (Lipinski definition) is 2. The van der Waals surface area contributed by atoms with Gasteiger partial charge in [0.15, 0.2) is 23.0 Å². The Morgan fingerprint density at radius 3 is 1.09 bits per heavy atom. The summed E-state index contributed by atoms with van der Waals surface area (Å²) in [6, 6.07) is 5.16. The van der Waals surface area contributed by atoms with E-state index in [2.05, 4.69) is 0 Å². The molecule has 54 heavy (non-hydrogen) atoms. The Labute approximate surface area is 325 Å². The van der Waals surface area contributed by atoms with E-state index in [0.29, 0.717) is 58.5 Å². The van der Waals surface area contributed by atoms with E-state index in [-0.39, 0.29) is 36.2 Å². The maximum Gasteiger partial charge on any atom is 0.327 e. The Bertz CT molecular complexity index is 1460. The molecule has 14 nitrogen and oxygen atoms in total. The molecule has 2 aromatic rings. The molecule has 16 heteroatoms. The number of nitrogens with zero attached hydrogens (tertiary/aromatic N) is 2. The Morgan fingerprint density at radius 1 is 0.537 bits per heavy atom. The molecule has 2 unspecified atom stereocenters. The van der Waals surface area contributed by atoms with Crippen LogP contribution >= 0.6 is 23.5 Å². The number of amides is 2. The van der Waals surface area contributed by atoms with E-state index in [1.807, 2.05) is 0 Å². The number of aliphatic carboxylic acids is 2. The van der Waals surface area contributed by atoms with Gasteiger partial charge in [0.05, 0.1) is 42.7 Å². The van der Waals surface area contributed by atoms with Crippen molar-refractivity contribution in [3.05, 3.63) is 35.4 Å². The lowest BCUT2D eigenvalue weighted by molar-refractivity contribution is -0.149. The van der Waals surface area contributed by atoms with Crippen LogP contribution < -0.4 is 28.4 Å². The van der Waals surface area contributed by atoms with Crippen LogP contribution in [0.25, 0.3) is 0 Å². The fourth-order valence-electron chi connectivity index (χ4n) is 6.88. The largest absolute Gasteiger partial charge is 0.493 e. The number of benzene rings is 2. The van der Waals surface area contributed by atoms with Crippen molar-refractivity contribution in [1.82, 2.24) is 9.80 Å². The lowest BCUT2D eigenvalue weighted by Crippen LogP contribution is -2.42. The number of hydrogen-bond acceptors (Lipinski definition) is 12. The first-order valence-electron chi connectivity index (χ1n) is 18.0. The summed E-state index contributed by atoms with van der Waals surface area (Å²) in [5, 5.41) is 18.8. The first-order chi connectivity index (χ1) is 26.0. The number of unbranched alkanes of at least 4 members (excludes halogenated alkanes) is 7. The van der Waals surface area contributed by atoms with Gasteiger partial charge in [-0.3, -0.25) is 9.59 Å². The SMILES string of the molecule is COc1cc(C2SC[C@@H](C(=O)O)N2C(=O)CCCCCCCCCCC(=O)N2C(c3cc(OC)c(OC)c(OC)c3)SC[C@H]2C(=O)O)cc(OC)c1OC. The smallest absolute Gasteiger partial charge is 0.327 e. The third-order valence-corrected chi connectivity index (χ3v) is 12.3. The van der Waals surface area contributed by atoms with E-state index in [1.54, 1.807) is 24.3 Å². The van der Waals surface area contributed by atoms with E-state index in [9.17, 15) is 29.4 Å². The average Bonchev–Trinajstić information content (AvgIpc) is 3.83. The van der Waals surface area contributed by atoms with Crippen LogP contribution in [0.1, 0.15) is 86.1 Å².